The molecule has 0 bridgehead atoms. The van der Waals surface area contributed by atoms with E-state index in [1.165, 1.54) is 14.2 Å². The average molecular weight is 454 g/mol. The van der Waals surface area contributed by atoms with Gasteiger partial charge in [0, 0.05) is 24.6 Å². The predicted molar refractivity (Wildman–Crippen MR) is 129 cm³/mol. The molecule has 6 heteroatoms. The van der Waals surface area contributed by atoms with Gasteiger partial charge < -0.3 is 14.8 Å². The van der Waals surface area contributed by atoms with Gasteiger partial charge in [0.05, 0.1) is 14.2 Å². The standard InChI is InChI=1S/C26H47NO5/c1-6-7-8-14-17-23(28)20-22(27-24(19-21(2)3)26(30)32-5)16-13-11-9-10-12-15-18-25(29)31-4/h20-21,24,27H,6-19H2,1-5H3/b22-20-. The Morgan fingerprint density at radius 3 is 1.91 bits per heavy atom. The highest BCUT2D eigenvalue weighted by atomic mass is 16.5. The molecule has 0 spiro atoms. The smallest absolute Gasteiger partial charge is 0.328 e. The average Bonchev–Trinajstić information content (AvgIpc) is 2.76. The molecular weight excluding hydrogens is 406 g/mol. The lowest BCUT2D eigenvalue weighted by atomic mass is 10.0. The van der Waals surface area contributed by atoms with Crippen LogP contribution in [0.3, 0.4) is 0 Å². The number of ketones is 1. The molecule has 0 amide bonds. The molecule has 0 saturated carbocycles. The van der Waals surface area contributed by atoms with Crippen molar-refractivity contribution in [2.24, 2.45) is 5.92 Å². The van der Waals surface area contributed by atoms with Gasteiger partial charge in [-0.15, -0.1) is 0 Å². The lowest BCUT2D eigenvalue weighted by Gasteiger charge is -2.21. The van der Waals surface area contributed by atoms with Gasteiger partial charge in [0.15, 0.2) is 5.78 Å². The fourth-order valence-electron chi connectivity index (χ4n) is 3.62. The highest BCUT2D eigenvalue weighted by molar-refractivity contribution is 5.90. The topological polar surface area (TPSA) is 81.7 Å². The van der Waals surface area contributed by atoms with E-state index in [-0.39, 0.29) is 17.7 Å². The Morgan fingerprint density at radius 2 is 1.34 bits per heavy atom. The van der Waals surface area contributed by atoms with Gasteiger partial charge in [-0.25, -0.2) is 4.79 Å². The van der Waals surface area contributed by atoms with Crippen LogP contribution in [-0.2, 0) is 23.9 Å². The van der Waals surface area contributed by atoms with E-state index in [0.29, 0.717) is 25.2 Å². The van der Waals surface area contributed by atoms with Crippen molar-refractivity contribution in [2.75, 3.05) is 14.2 Å². The number of allylic oxidation sites excluding steroid dienone is 2. The Balaban J connectivity index is 4.70. The zero-order valence-corrected chi connectivity index (χ0v) is 21.2. The molecular formula is C26H47NO5. The molecule has 0 radical (unpaired) electrons. The first-order chi connectivity index (χ1) is 15.3. The van der Waals surface area contributed by atoms with Gasteiger partial charge in [-0.1, -0.05) is 65.7 Å². The number of ether oxygens (including phenoxy) is 2. The molecule has 32 heavy (non-hydrogen) atoms. The van der Waals surface area contributed by atoms with Gasteiger partial charge in [0.1, 0.15) is 6.04 Å². The number of carbonyl (C=O) groups excluding carboxylic acids is 3. The second-order valence-corrected chi connectivity index (χ2v) is 8.99. The van der Waals surface area contributed by atoms with E-state index < -0.39 is 6.04 Å². The van der Waals surface area contributed by atoms with Gasteiger partial charge in [-0.2, -0.15) is 0 Å². The summed E-state index contributed by atoms with van der Waals surface area (Å²) in [4.78, 5) is 35.8. The summed E-state index contributed by atoms with van der Waals surface area (Å²) in [6.45, 7) is 6.30. The first-order valence-electron chi connectivity index (χ1n) is 12.5. The van der Waals surface area contributed by atoms with Crippen LogP contribution in [0.25, 0.3) is 0 Å². The van der Waals surface area contributed by atoms with Gasteiger partial charge in [0.2, 0.25) is 0 Å². The summed E-state index contributed by atoms with van der Waals surface area (Å²) in [5.74, 6) is 0.0273. The Bertz CT molecular complexity index is 556. The normalized spacial score (nSPS) is 12.5. The minimum atomic E-state index is -0.433. The minimum absolute atomic E-state index is 0.125. The zero-order chi connectivity index (χ0) is 24.2. The van der Waals surface area contributed by atoms with Crippen LogP contribution in [0.2, 0.25) is 0 Å². The largest absolute Gasteiger partial charge is 0.469 e. The predicted octanol–water partition coefficient (Wildman–Crippen LogP) is 5.88. The highest BCUT2D eigenvalue weighted by Crippen LogP contribution is 2.15. The summed E-state index contributed by atoms with van der Waals surface area (Å²) in [5, 5.41) is 3.31. The van der Waals surface area contributed by atoms with Gasteiger partial charge >= 0.3 is 11.9 Å². The molecule has 1 atom stereocenters. The maximum absolute atomic E-state index is 12.5. The van der Waals surface area contributed by atoms with Crippen LogP contribution >= 0.6 is 0 Å². The van der Waals surface area contributed by atoms with E-state index in [0.717, 1.165) is 76.3 Å². The third-order valence-electron chi connectivity index (χ3n) is 5.47. The van der Waals surface area contributed by atoms with E-state index in [9.17, 15) is 14.4 Å². The van der Waals surface area contributed by atoms with Crippen LogP contribution in [0.1, 0.15) is 111 Å². The van der Waals surface area contributed by atoms with Crippen LogP contribution in [0.5, 0.6) is 0 Å². The lowest BCUT2D eigenvalue weighted by Crippen LogP contribution is -2.38. The van der Waals surface area contributed by atoms with E-state index in [4.69, 9.17) is 4.74 Å². The molecule has 0 aliphatic heterocycles. The number of rotatable bonds is 20. The summed E-state index contributed by atoms with van der Waals surface area (Å²) in [6, 6.07) is -0.433. The molecule has 0 rings (SSSR count). The number of esters is 2. The highest BCUT2D eigenvalue weighted by Gasteiger charge is 2.21. The Hall–Kier alpha value is -1.85. The molecule has 0 aromatic rings. The summed E-state index contributed by atoms with van der Waals surface area (Å²) < 4.78 is 9.63. The molecule has 186 valence electrons. The molecule has 0 aliphatic rings. The number of hydrogen-bond acceptors (Lipinski definition) is 6. The monoisotopic (exact) mass is 453 g/mol. The fourth-order valence-corrected chi connectivity index (χ4v) is 3.62. The molecule has 6 nitrogen and oxygen atoms in total. The van der Waals surface area contributed by atoms with Crippen LogP contribution < -0.4 is 5.32 Å². The molecule has 1 unspecified atom stereocenters. The third kappa shape index (κ3) is 16.8. The lowest BCUT2D eigenvalue weighted by molar-refractivity contribution is -0.143. The van der Waals surface area contributed by atoms with Crippen LogP contribution in [-0.4, -0.2) is 38.0 Å². The maximum Gasteiger partial charge on any atom is 0.328 e. The number of unbranched alkanes of at least 4 members (excludes halogenated alkanes) is 8. The first kappa shape index (κ1) is 30.1. The van der Waals surface area contributed by atoms with Crippen LogP contribution in [0, 0.1) is 5.92 Å². The van der Waals surface area contributed by atoms with E-state index in [1.54, 1.807) is 6.08 Å². The van der Waals surface area contributed by atoms with Crippen molar-refractivity contribution in [3.63, 3.8) is 0 Å². The first-order valence-corrected chi connectivity index (χ1v) is 12.5. The van der Waals surface area contributed by atoms with Crippen molar-refractivity contribution in [1.29, 1.82) is 0 Å². The number of carbonyl (C=O) groups is 3. The third-order valence-corrected chi connectivity index (χ3v) is 5.47. The molecule has 0 saturated heterocycles. The molecule has 1 N–H and O–H groups in total. The van der Waals surface area contributed by atoms with Crippen molar-refractivity contribution in [3.05, 3.63) is 11.8 Å². The second-order valence-electron chi connectivity index (χ2n) is 8.99. The number of methoxy groups -OCH3 is 2. The minimum Gasteiger partial charge on any atom is -0.469 e. The van der Waals surface area contributed by atoms with Crippen molar-refractivity contribution < 1.29 is 23.9 Å². The second kappa shape index (κ2) is 19.8. The summed E-state index contributed by atoms with van der Waals surface area (Å²) in [5.41, 5.74) is 0.840. The molecule has 0 heterocycles. The van der Waals surface area contributed by atoms with Gasteiger partial charge in [-0.05, 0) is 38.0 Å². The molecule has 0 aromatic heterocycles. The van der Waals surface area contributed by atoms with Crippen molar-refractivity contribution >= 4 is 17.7 Å². The summed E-state index contributed by atoms with van der Waals surface area (Å²) in [6.07, 6.45) is 14.5. The number of nitrogens with one attached hydrogen (secondary N) is 1. The van der Waals surface area contributed by atoms with Crippen molar-refractivity contribution in [2.45, 2.75) is 117 Å². The number of hydrogen-bond donors (Lipinski definition) is 1. The van der Waals surface area contributed by atoms with E-state index in [1.807, 2.05) is 0 Å². The van der Waals surface area contributed by atoms with E-state index in [2.05, 4.69) is 30.8 Å². The summed E-state index contributed by atoms with van der Waals surface area (Å²) in [7, 11) is 2.82. The van der Waals surface area contributed by atoms with Crippen molar-refractivity contribution in [3.8, 4) is 0 Å². The van der Waals surface area contributed by atoms with E-state index >= 15 is 0 Å². The van der Waals surface area contributed by atoms with Gasteiger partial charge in [-0.3, -0.25) is 9.59 Å². The van der Waals surface area contributed by atoms with Crippen molar-refractivity contribution in [1.82, 2.24) is 5.32 Å². The van der Waals surface area contributed by atoms with Crippen LogP contribution in [0.15, 0.2) is 11.8 Å². The Kier molecular flexibility index (Phi) is 18.7. The molecule has 0 aromatic carbocycles. The van der Waals surface area contributed by atoms with Gasteiger partial charge in [0.25, 0.3) is 0 Å². The maximum atomic E-state index is 12.5. The molecule has 0 aliphatic carbocycles. The fraction of sp³-hybridized carbons (Fsp3) is 0.808. The Morgan fingerprint density at radius 1 is 0.781 bits per heavy atom. The van der Waals surface area contributed by atoms with Crippen LogP contribution in [0.4, 0.5) is 0 Å². The molecule has 0 fully saturated rings. The zero-order valence-electron chi connectivity index (χ0n) is 21.2. The summed E-state index contributed by atoms with van der Waals surface area (Å²) >= 11 is 0. The quantitative estimate of drug-likeness (QED) is 0.141. The SMILES string of the molecule is CCCCCCC(=O)/C=C(/CCCCCCCCC(=O)OC)NC(CC(C)C)C(=O)OC. The Labute approximate surface area is 195 Å².